The summed E-state index contributed by atoms with van der Waals surface area (Å²) in [5.74, 6) is 0. The average molecular weight is 199 g/mol. The molecule has 0 aromatic heterocycles. The Morgan fingerprint density at radius 2 is 2.07 bits per heavy atom. The Labute approximate surface area is 85.6 Å². The summed E-state index contributed by atoms with van der Waals surface area (Å²) in [7, 11) is 0. The molecule has 0 aliphatic heterocycles. The van der Waals surface area contributed by atoms with Crippen LogP contribution in [0.1, 0.15) is 39.5 Å². The van der Waals surface area contributed by atoms with Crippen molar-refractivity contribution < 1.29 is 4.79 Å². The summed E-state index contributed by atoms with van der Waals surface area (Å²) in [5.41, 5.74) is 5.97. The van der Waals surface area contributed by atoms with Gasteiger partial charge in [-0.2, -0.15) is 0 Å². The van der Waals surface area contributed by atoms with Crippen molar-refractivity contribution in [3.05, 3.63) is 0 Å². The van der Waals surface area contributed by atoms with Crippen molar-refractivity contribution in [2.45, 2.75) is 51.1 Å². The van der Waals surface area contributed by atoms with Crippen LogP contribution in [0, 0.1) is 0 Å². The van der Waals surface area contributed by atoms with Gasteiger partial charge in [-0.15, -0.1) is 0 Å². The first kappa shape index (κ1) is 11.3. The fraction of sp³-hybridized carbons (Fsp3) is 0.900. The predicted octanol–water partition coefficient (Wildman–Crippen LogP) is 0.965. The van der Waals surface area contributed by atoms with Gasteiger partial charge in [0.1, 0.15) is 0 Å². The second kappa shape index (κ2) is 4.64. The molecule has 4 heteroatoms. The largest absolute Gasteiger partial charge is 0.338 e. The van der Waals surface area contributed by atoms with Crippen molar-refractivity contribution in [2.24, 2.45) is 5.73 Å². The molecule has 1 rings (SSSR count). The van der Waals surface area contributed by atoms with E-state index in [1.807, 2.05) is 6.92 Å². The molecule has 1 aliphatic carbocycles. The van der Waals surface area contributed by atoms with E-state index in [1.54, 1.807) is 0 Å². The Kier molecular flexibility index (Phi) is 3.75. The molecule has 0 heterocycles. The van der Waals surface area contributed by atoms with Crippen LogP contribution in [0.4, 0.5) is 4.79 Å². The van der Waals surface area contributed by atoms with Crippen molar-refractivity contribution in [1.82, 2.24) is 10.6 Å². The van der Waals surface area contributed by atoms with Crippen LogP contribution in [0.25, 0.3) is 0 Å². The maximum absolute atomic E-state index is 11.2. The zero-order chi connectivity index (χ0) is 10.6. The number of carbonyl (C=O) groups is 1. The van der Waals surface area contributed by atoms with Crippen molar-refractivity contribution >= 4 is 6.03 Å². The SMILES string of the molecule is CCNC(=O)NC1CCC(C)(N)CC1. The smallest absolute Gasteiger partial charge is 0.314 e. The number of carbonyl (C=O) groups excluding carboxylic acids is 1. The number of amides is 2. The first-order valence-electron chi connectivity index (χ1n) is 5.37. The van der Waals surface area contributed by atoms with Crippen LogP contribution in [-0.4, -0.2) is 24.2 Å². The third kappa shape index (κ3) is 3.54. The molecule has 14 heavy (non-hydrogen) atoms. The van der Waals surface area contributed by atoms with Crippen LogP contribution in [0.3, 0.4) is 0 Å². The number of rotatable bonds is 2. The van der Waals surface area contributed by atoms with E-state index in [0.29, 0.717) is 12.6 Å². The topological polar surface area (TPSA) is 67.2 Å². The molecule has 0 unspecified atom stereocenters. The standard InChI is InChI=1S/C10H21N3O/c1-3-12-9(14)13-8-4-6-10(2,11)7-5-8/h8H,3-7,11H2,1-2H3,(H2,12,13,14). The van der Waals surface area contributed by atoms with E-state index in [-0.39, 0.29) is 11.6 Å². The maximum Gasteiger partial charge on any atom is 0.314 e. The molecule has 2 amide bonds. The fourth-order valence-corrected chi connectivity index (χ4v) is 1.82. The molecule has 82 valence electrons. The summed E-state index contributed by atoms with van der Waals surface area (Å²) < 4.78 is 0. The summed E-state index contributed by atoms with van der Waals surface area (Å²) >= 11 is 0. The molecule has 0 radical (unpaired) electrons. The predicted molar refractivity (Wildman–Crippen MR) is 57.1 cm³/mol. The highest BCUT2D eigenvalue weighted by Gasteiger charge is 2.27. The van der Waals surface area contributed by atoms with Gasteiger partial charge in [-0.25, -0.2) is 4.79 Å². The number of nitrogens with one attached hydrogen (secondary N) is 2. The van der Waals surface area contributed by atoms with Gasteiger partial charge in [0, 0.05) is 18.1 Å². The quantitative estimate of drug-likeness (QED) is 0.620. The second-order valence-corrected chi connectivity index (χ2v) is 4.43. The van der Waals surface area contributed by atoms with Gasteiger partial charge in [-0.3, -0.25) is 0 Å². The van der Waals surface area contributed by atoms with E-state index < -0.39 is 0 Å². The fourth-order valence-electron chi connectivity index (χ4n) is 1.82. The Balaban J connectivity index is 2.25. The third-order valence-electron chi connectivity index (χ3n) is 2.80. The van der Waals surface area contributed by atoms with E-state index in [4.69, 9.17) is 5.73 Å². The van der Waals surface area contributed by atoms with E-state index in [0.717, 1.165) is 25.7 Å². The minimum absolute atomic E-state index is 0.0284. The van der Waals surface area contributed by atoms with Gasteiger partial charge in [0.05, 0.1) is 0 Å². The summed E-state index contributed by atoms with van der Waals surface area (Å²) in [6, 6.07) is 0.247. The van der Waals surface area contributed by atoms with Crippen LogP contribution in [0.15, 0.2) is 0 Å². The van der Waals surface area contributed by atoms with Crippen LogP contribution in [-0.2, 0) is 0 Å². The van der Waals surface area contributed by atoms with E-state index in [2.05, 4.69) is 17.6 Å². The van der Waals surface area contributed by atoms with Gasteiger partial charge >= 0.3 is 6.03 Å². The molecule has 4 nitrogen and oxygen atoms in total. The highest BCUT2D eigenvalue weighted by Crippen LogP contribution is 2.25. The van der Waals surface area contributed by atoms with Crippen molar-refractivity contribution in [3.63, 3.8) is 0 Å². The lowest BCUT2D eigenvalue weighted by atomic mass is 9.82. The summed E-state index contributed by atoms with van der Waals surface area (Å²) in [5, 5.41) is 5.68. The lowest BCUT2D eigenvalue weighted by molar-refractivity contribution is 0.223. The Morgan fingerprint density at radius 3 is 2.57 bits per heavy atom. The molecule has 0 bridgehead atoms. The van der Waals surface area contributed by atoms with Crippen LogP contribution in [0.5, 0.6) is 0 Å². The second-order valence-electron chi connectivity index (χ2n) is 4.43. The van der Waals surface area contributed by atoms with Crippen LogP contribution < -0.4 is 16.4 Å². The molecule has 1 saturated carbocycles. The Hall–Kier alpha value is -0.770. The Bertz CT molecular complexity index is 194. The van der Waals surface area contributed by atoms with Crippen molar-refractivity contribution in [2.75, 3.05) is 6.54 Å². The molecule has 0 saturated heterocycles. The molecule has 0 aromatic rings. The normalized spacial score (nSPS) is 32.4. The maximum atomic E-state index is 11.2. The van der Waals surface area contributed by atoms with E-state index >= 15 is 0 Å². The highest BCUT2D eigenvalue weighted by atomic mass is 16.2. The third-order valence-corrected chi connectivity index (χ3v) is 2.80. The number of nitrogens with two attached hydrogens (primary N) is 1. The first-order valence-corrected chi connectivity index (χ1v) is 5.37. The Morgan fingerprint density at radius 1 is 1.50 bits per heavy atom. The molecule has 1 aliphatic rings. The molecule has 0 atom stereocenters. The van der Waals surface area contributed by atoms with Crippen LogP contribution in [0.2, 0.25) is 0 Å². The molecular formula is C10H21N3O. The zero-order valence-electron chi connectivity index (χ0n) is 9.10. The van der Waals surface area contributed by atoms with E-state index in [1.165, 1.54) is 0 Å². The van der Waals surface area contributed by atoms with Crippen molar-refractivity contribution in [3.8, 4) is 0 Å². The van der Waals surface area contributed by atoms with Gasteiger partial charge in [-0.05, 0) is 39.5 Å². The van der Waals surface area contributed by atoms with Crippen LogP contribution >= 0.6 is 0 Å². The average Bonchev–Trinajstić information content (AvgIpc) is 2.09. The molecule has 0 aromatic carbocycles. The first-order chi connectivity index (χ1) is 6.53. The van der Waals surface area contributed by atoms with Gasteiger partial charge in [0.25, 0.3) is 0 Å². The van der Waals surface area contributed by atoms with Gasteiger partial charge in [-0.1, -0.05) is 0 Å². The molecule has 4 N–H and O–H groups in total. The molecule has 0 spiro atoms. The lowest BCUT2D eigenvalue weighted by Crippen LogP contribution is -2.48. The lowest BCUT2D eigenvalue weighted by Gasteiger charge is -2.34. The van der Waals surface area contributed by atoms with E-state index in [9.17, 15) is 4.79 Å². The highest BCUT2D eigenvalue weighted by molar-refractivity contribution is 5.74. The number of hydrogen-bond acceptors (Lipinski definition) is 2. The summed E-state index contributed by atoms with van der Waals surface area (Å²) in [6.45, 7) is 4.67. The molecule has 1 fully saturated rings. The minimum atomic E-state index is -0.0573. The summed E-state index contributed by atoms with van der Waals surface area (Å²) in [4.78, 5) is 11.2. The number of hydrogen-bond donors (Lipinski definition) is 3. The van der Waals surface area contributed by atoms with Crippen molar-refractivity contribution in [1.29, 1.82) is 0 Å². The minimum Gasteiger partial charge on any atom is -0.338 e. The van der Waals surface area contributed by atoms with Gasteiger partial charge in [0.15, 0.2) is 0 Å². The number of urea groups is 1. The zero-order valence-corrected chi connectivity index (χ0v) is 9.10. The summed E-state index contributed by atoms with van der Waals surface area (Å²) in [6.07, 6.45) is 3.96. The van der Waals surface area contributed by atoms with Gasteiger partial charge < -0.3 is 16.4 Å². The monoisotopic (exact) mass is 199 g/mol. The molecular weight excluding hydrogens is 178 g/mol. The van der Waals surface area contributed by atoms with Gasteiger partial charge in [0.2, 0.25) is 0 Å².